The van der Waals surface area contributed by atoms with E-state index in [4.69, 9.17) is 18.9 Å². The second-order valence-corrected chi connectivity index (χ2v) is 18.9. The van der Waals surface area contributed by atoms with E-state index in [1.54, 1.807) is 46.2 Å². The summed E-state index contributed by atoms with van der Waals surface area (Å²) in [6.45, 7) is 15.4. The molecule has 2 aromatic carbocycles. The second-order valence-electron chi connectivity index (χ2n) is 12.1. The van der Waals surface area contributed by atoms with Gasteiger partial charge in [-0.1, -0.05) is 58.9 Å². The molecule has 0 N–H and O–H groups in total. The fourth-order valence-corrected chi connectivity index (χ4v) is 13.6. The van der Waals surface area contributed by atoms with Crippen LogP contribution < -0.4 is 18.9 Å². The molecule has 0 saturated heterocycles. The summed E-state index contributed by atoms with van der Waals surface area (Å²) in [6, 6.07) is 17.9. The molecule has 6 aromatic rings. The lowest BCUT2D eigenvalue weighted by molar-refractivity contribution is 0.170. The van der Waals surface area contributed by atoms with E-state index in [0.717, 1.165) is 41.2 Å². The summed E-state index contributed by atoms with van der Waals surface area (Å²) in [6.07, 6.45) is 0. The minimum atomic E-state index is 0.566. The minimum Gasteiger partial charge on any atom is -0.485 e. The molecular weight excluding hydrogens is 713 g/mol. The quantitative estimate of drug-likeness (QED) is 0.162. The highest BCUT2D eigenvalue weighted by molar-refractivity contribution is 8.01. The molecule has 0 radical (unpaired) electrons. The Hall–Kier alpha value is -2.86. The Kier molecular flexibility index (Phi) is 8.84. The van der Waals surface area contributed by atoms with Crippen molar-refractivity contribution in [2.24, 2.45) is 0 Å². The Morgan fingerprint density at radius 1 is 0.438 bits per heavy atom. The van der Waals surface area contributed by atoms with Gasteiger partial charge in [-0.05, 0) is 88.1 Å². The molecule has 10 heteroatoms. The molecule has 246 valence electrons. The number of hydrogen-bond acceptors (Lipinski definition) is 10. The first kappa shape index (κ1) is 32.4. The van der Waals surface area contributed by atoms with Crippen molar-refractivity contribution < 1.29 is 18.9 Å². The van der Waals surface area contributed by atoms with Crippen molar-refractivity contribution in [3.63, 3.8) is 0 Å². The first-order chi connectivity index (χ1) is 23.2. The Morgan fingerprint density at radius 2 is 0.771 bits per heavy atom. The van der Waals surface area contributed by atoms with Gasteiger partial charge in [-0.3, -0.25) is 0 Å². The lowest BCUT2D eigenvalue weighted by Crippen LogP contribution is -2.14. The van der Waals surface area contributed by atoms with Crippen molar-refractivity contribution in [3.8, 4) is 52.3 Å². The molecule has 0 fully saturated rings. The third-order valence-electron chi connectivity index (χ3n) is 8.24. The van der Waals surface area contributed by atoms with Gasteiger partial charge in [0.25, 0.3) is 0 Å². The zero-order valence-electron chi connectivity index (χ0n) is 27.5. The van der Waals surface area contributed by atoms with Gasteiger partial charge >= 0.3 is 0 Å². The number of hydrogen-bond donors (Lipinski definition) is 0. The third kappa shape index (κ3) is 5.98. The Bertz CT molecular complexity index is 1980. The number of ether oxygens (including phenoxy) is 4. The van der Waals surface area contributed by atoms with Gasteiger partial charge in [0.1, 0.15) is 34.8 Å². The summed E-state index contributed by atoms with van der Waals surface area (Å²) in [7, 11) is 0. The first-order valence-electron chi connectivity index (χ1n) is 15.8. The molecule has 48 heavy (non-hydrogen) atoms. The average molecular weight is 747 g/mol. The van der Waals surface area contributed by atoms with E-state index in [1.807, 2.05) is 22.7 Å². The van der Waals surface area contributed by atoms with Crippen LogP contribution in [0.3, 0.4) is 0 Å². The number of thiophene rings is 4. The van der Waals surface area contributed by atoms with E-state index < -0.39 is 0 Å². The van der Waals surface area contributed by atoms with E-state index >= 15 is 0 Å². The summed E-state index contributed by atoms with van der Waals surface area (Å²) < 4.78 is 27.3. The van der Waals surface area contributed by atoms with Crippen LogP contribution in [0.1, 0.15) is 33.4 Å². The van der Waals surface area contributed by atoms with E-state index in [-0.39, 0.29) is 0 Å². The van der Waals surface area contributed by atoms with Crippen LogP contribution in [0.15, 0.2) is 66.7 Å². The normalized spacial score (nSPS) is 13.7. The Morgan fingerprint density at radius 3 is 1.15 bits per heavy atom. The highest BCUT2D eigenvalue weighted by atomic mass is 32.2. The van der Waals surface area contributed by atoms with Crippen molar-refractivity contribution in [3.05, 3.63) is 81.9 Å². The third-order valence-corrected chi connectivity index (χ3v) is 16.3. The molecule has 0 amide bonds. The predicted octanol–water partition coefficient (Wildman–Crippen LogP) is 12.6. The summed E-state index contributed by atoms with van der Waals surface area (Å²) in [5.74, 6) is 3.52. The lowest BCUT2D eigenvalue weighted by Gasteiger charge is -2.17. The highest BCUT2D eigenvalue weighted by Crippen LogP contribution is 2.59. The van der Waals surface area contributed by atoms with Crippen molar-refractivity contribution in [1.82, 2.24) is 0 Å². The molecule has 0 bridgehead atoms. The van der Waals surface area contributed by atoms with Gasteiger partial charge in [0.2, 0.25) is 0 Å². The molecule has 0 aliphatic carbocycles. The smallest absolute Gasteiger partial charge is 0.186 e. The number of fused-ring (bicyclic) bond motifs is 2. The summed E-state index contributed by atoms with van der Waals surface area (Å²) in [5.41, 5.74) is 7.74. The predicted molar refractivity (Wildman–Crippen MR) is 206 cm³/mol. The first-order valence-corrected chi connectivity index (χ1v) is 20.7. The molecule has 8 rings (SSSR count). The van der Waals surface area contributed by atoms with Gasteiger partial charge in [-0.2, -0.15) is 0 Å². The summed E-state index contributed by atoms with van der Waals surface area (Å²) >= 11 is 10.8. The van der Waals surface area contributed by atoms with E-state index in [9.17, 15) is 0 Å². The van der Waals surface area contributed by atoms with Crippen LogP contribution in [0.5, 0.6) is 23.0 Å². The second kappa shape index (κ2) is 13.1. The fourth-order valence-electron chi connectivity index (χ4n) is 6.33. The Balaban J connectivity index is 1.10. The number of aryl methyl sites for hydroxylation is 6. The summed E-state index contributed by atoms with van der Waals surface area (Å²) in [4.78, 5) is 9.74. The monoisotopic (exact) mass is 746 g/mol. The van der Waals surface area contributed by atoms with Crippen LogP contribution in [-0.4, -0.2) is 26.4 Å². The molecule has 2 aliphatic rings. The average Bonchev–Trinajstić information content (AvgIpc) is 3.86. The molecule has 4 aromatic heterocycles. The molecule has 0 unspecified atom stereocenters. The highest BCUT2D eigenvalue weighted by Gasteiger charge is 2.29. The topological polar surface area (TPSA) is 36.9 Å². The van der Waals surface area contributed by atoms with Crippen LogP contribution in [0.4, 0.5) is 0 Å². The van der Waals surface area contributed by atoms with Gasteiger partial charge in [0.05, 0.1) is 9.75 Å². The molecule has 0 saturated carbocycles. The van der Waals surface area contributed by atoms with E-state index in [0.29, 0.717) is 26.4 Å². The van der Waals surface area contributed by atoms with Crippen molar-refractivity contribution in [2.45, 2.75) is 59.8 Å². The van der Waals surface area contributed by atoms with Crippen LogP contribution in [-0.2, 0) is 0 Å². The lowest BCUT2D eigenvalue weighted by atomic mass is 10.1. The molecule has 6 heterocycles. The fraction of sp³-hybridized carbons (Fsp3) is 0.263. The van der Waals surface area contributed by atoms with Gasteiger partial charge in [-0.25, -0.2) is 0 Å². The van der Waals surface area contributed by atoms with Crippen LogP contribution in [0.2, 0.25) is 0 Å². The maximum atomic E-state index is 6.26. The van der Waals surface area contributed by atoms with Crippen LogP contribution >= 0.6 is 68.9 Å². The minimum absolute atomic E-state index is 0.566. The van der Waals surface area contributed by atoms with Gasteiger partial charge in [0.15, 0.2) is 23.0 Å². The zero-order chi connectivity index (χ0) is 33.1. The number of benzene rings is 2. The molecule has 0 atom stereocenters. The molecule has 4 nitrogen and oxygen atoms in total. The number of rotatable bonds is 7. The summed E-state index contributed by atoms with van der Waals surface area (Å²) in [5, 5.41) is 0. The molecular formula is C38H34O4S6. The van der Waals surface area contributed by atoms with Gasteiger partial charge in [0, 0.05) is 29.3 Å². The van der Waals surface area contributed by atoms with Crippen molar-refractivity contribution in [1.29, 1.82) is 0 Å². The van der Waals surface area contributed by atoms with E-state index in [2.05, 4.69) is 90.1 Å². The van der Waals surface area contributed by atoms with Crippen LogP contribution in [0.25, 0.3) is 29.3 Å². The van der Waals surface area contributed by atoms with Gasteiger partial charge in [-0.15, -0.1) is 45.3 Å². The largest absolute Gasteiger partial charge is 0.485 e. The maximum absolute atomic E-state index is 6.26. The molecule has 0 spiro atoms. The standard InChI is InChI=1S/C38H34O4S6/c1-19-15-21(3)33(22(4)16-19)45-37-31-29(39-11-13-41-31)35(47-37)27-9-7-25(43-27)26-8-10-28(44-26)36-30-32(42-14-12-40-30)38(48-36)46-34-23(5)17-20(2)18-24(34)6/h7-10,15-18H,11-14H2,1-6H3. The molecule has 2 aliphatic heterocycles. The maximum Gasteiger partial charge on any atom is 0.186 e. The van der Waals surface area contributed by atoms with Crippen molar-refractivity contribution in [2.75, 3.05) is 26.4 Å². The van der Waals surface area contributed by atoms with Crippen LogP contribution in [0, 0.1) is 41.5 Å². The van der Waals surface area contributed by atoms with Gasteiger partial charge < -0.3 is 18.9 Å². The SMILES string of the molecule is Cc1cc(C)c(Sc2sc(-c3ccc(-c4ccc(-c5sc(Sc6c(C)cc(C)cc6C)c6c5OCCO6)s4)s3)c3c2OCCO3)c(C)c1. The Labute approximate surface area is 306 Å². The van der Waals surface area contributed by atoms with E-state index in [1.165, 1.54) is 62.7 Å². The zero-order valence-corrected chi connectivity index (χ0v) is 32.4. The van der Waals surface area contributed by atoms with Crippen molar-refractivity contribution >= 4 is 68.9 Å².